The molecule has 19 heavy (non-hydrogen) atoms. The Balaban J connectivity index is 2.26. The smallest absolute Gasteiger partial charge is 0.0425 e. The molecule has 1 aromatic rings. The second kappa shape index (κ2) is 5.45. The van der Waals surface area contributed by atoms with Gasteiger partial charge in [-0.3, -0.25) is 0 Å². The molecule has 1 heterocycles. The lowest BCUT2D eigenvalue weighted by Crippen LogP contribution is -2.27. The summed E-state index contributed by atoms with van der Waals surface area (Å²) in [6, 6.07) is 6.52. The van der Waals surface area contributed by atoms with Crippen molar-refractivity contribution in [2.75, 3.05) is 18.0 Å². The van der Waals surface area contributed by atoms with Gasteiger partial charge in [0.2, 0.25) is 0 Å². The highest BCUT2D eigenvalue weighted by molar-refractivity contribution is 9.10. The molecule has 2 N–H and O–H groups in total. The molecule has 2 atom stereocenters. The number of halogens is 1. The number of benzene rings is 1. The molecule has 0 radical (unpaired) electrons. The molecule has 106 valence electrons. The highest BCUT2D eigenvalue weighted by Crippen LogP contribution is 2.38. The lowest BCUT2D eigenvalue weighted by Gasteiger charge is -2.29. The van der Waals surface area contributed by atoms with E-state index >= 15 is 0 Å². The third-order valence-electron chi connectivity index (χ3n) is 4.24. The molecule has 2 rings (SSSR count). The van der Waals surface area contributed by atoms with Crippen molar-refractivity contribution in [2.45, 2.75) is 40.2 Å². The maximum absolute atomic E-state index is 6.11. The van der Waals surface area contributed by atoms with E-state index in [1.807, 2.05) is 0 Å². The average molecular weight is 325 g/mol. The lowest BCUT2D eigenvalue weighted by atomic mass is 9.80. The summed E-state index contributed by atoms with van der Waals surface area (Å²) in [5.74, 6) is 0.757. The van der Waals surface area contributed by atoms with Gasteiger partial charge in [-0.25, -0.2) is 0 Å². The first-order valence-electron chi connectivity index (χ1n) is 7.09. The van der Waals surface area contributed by atoms with Gasteiger partial charge in [-0.05, 0) is 42.4 Å². The number of nitrogens with zero attached hydrogens (tertiary/aromatic N) is 1. The van der Waals surface area contributed by atoms with Gasteiger partial charge in [0, 0.05) is 29.3 Å². The molecular formula is C16H25BrN2. The third-order valence-corrected chi connectivity index (χ3v) is 4.73. The molecule has 0 saturated carbocycles. The molecule has 1 aliphatic heterocycles. The number of anilines is 1. The Kier molecular flexibility index (Phi) is 4.26. The van der Waals surface area contributed by atoms with E-state index in [9.17, 15) is 0 Å². The van der Waals surface area contributed by atoms with Gasteiger partial charge >= 0.3 is 0 Å². The molecule has 0 amide bonds. The number of hydrogen-bond donors (Lipinski definition) is 1. The van der Waals surface area contributed by atoms with Crippen LogP contribution in [0.5, 0.6) is 0 Å². The van der Waals surface area contributed by atoms with Crippen molar-refractivity contribution in [1.29, 1.82) is 0 Å². The minimum Gasteiger partial charge on any atom is -0.371 e. The Hall–Kier alpha value is -0.540. The van der Waals surface area contributed by atoms with Gasteiger partial charge < -0.3 is 10.6 Å². The molecule has 0 bridgehead atoms. The predicted octanol–water partition coefficient (Wildman–Crippen LogP) is 4.34. The predicted molar refractivity (Wildman–Crippen MR) is 86.5 cm³/mol. The van der Waals surface area contributed by atoms with Crippen molar-refractivity contribution in [2.24, 2.45) is 17.1 Å². The van der Waals surface area contributed by atoms with Crippen LogP contribution in [-0.2, 0) is 0 Å². The molecule has 2 nitrogen and oxygen atoms in total. The molecule has 2 unspecified atom stereocenters. The maximum Gasteiger partial charge on any atom is 0.0425 e. The molecule has 1 saturated heterocycles. The van der Waals surface area contributed by atoms with E-state index in [1.165, 1.54) is 17.7 Å². The zero-order chi connectivity index (χ0) is 14.2. The van der Waals surface area contributed by atoms with Crippen molar-refractivity contribution in [1.82, 2.24) is 0 Å². The standard InChI is InChI=1S/C16H25BrN2/c1-11(18)14-6-5-13(17)9-15(14)19-8-7-12(10-19)16(2,3)4/h5-6,9,11-12H,7-8,10,18H2,1-4H3. The summed E-state index contributed by atoms with van der Waals surface area (Å²) < 4.78 is 1.13. The Morgan fingerprint density at radius 3 is 2.58 bits per heavy atom. The van der Waals surface area contributed by atoms with Crippen LogP contribution in [0.3, 0.4) is 0 Å². The summed E-state index contributed by atoms with van der Waals surface area (Å²) in [4.78, 5) is 2.50. The van der Waals surface area contributed by atoms with E-state index in [2.05, 4.69) is 66.7 Å². The highest BCUT2D eigenvalue weighted by Gasteiger charge is 2.32. The zero-order valence-corrected chi connectivity index (χ0v) is 14.0. The first-order valence-corrected chi connectivity index (χ1v) is 7.88. The fourth-order valence-corrected chi connectivity index (χ4v) is 3.21. The van der Waals surface area contributed by atoms with Crippen LogP contribution in [-0.4, -0.2) is 13.1 Å². The van der Waals surface area contributed by atoms with Crippen molar-refractivity contribution < 1.29 is 0 Å². The van der Waals surface area contributed by atoms with Crippen LogP contribution in [0.2, 0.25) is 0 Å². The van der Waals surface area contributed by atoms with Crippen molar-refractivity contribution in [3.05, 3.63) is 28.2 Å². The van der Waals surface area contributed by atoms with Crippen LogP contribution in [0.4, 0.5) is 5.69 Å². The Labute approximate surface area is 125 Å². The highest BCUT2D eigenvalue weighted by atomic mass is 79.9. The van der Waals surface area contributed by atoms with E-state index in [0.29, 0.717) is 5.41 Å². The molecular weight excluding hydrogens is 300 g/mol. The van der Waals surface area contributed by atoms with Gasteiger partial charge in [0.25, 0.3) is 0 Å². The molecule has 0 aliphatic carbocycles. The van der Waals surface area contributed by atoms with E-state index in [4.69, 9.17) is 5.73 Å². The Morgan fingerprint density at radius 2 is 2.05 bits per heavy atom. The van der Waals surface area contributed by atoms with Crippen LogP contribution < -0.4 is 10.6 Å². The van der Waals surface area contributed by atoms with Crippen molar-refractivity contribution in [3.63, 3.8) is 0 Å². The molecule has 1 aromatic carbocycles. The molecule has 3 heteroatoms. The van der Waals surface area contributed by atoms with Gasteiger partial charge in [0.05, 0.1) is 0 Å². The van der Waals surface area contributed by atoms with Gasteiger partial charge in [0.15, 0.2) is 0 Å². The molecule has 0 aromatic heterocycles. The third kappa shape index (κ3) is 3.32. The lowest BCUT2D eigenvalue weighted by molar-refractivity contribution is 0.263. The normalized spacial score (nSPS) is 21.8. The van der Waals surface area contributed by atoms with Crippen LogP contribution in [0.1, 0.15) is 45.7 Å². The second-order valence-electron chi connectivity index (χ2n) is 6.79. The first-order chi connectivity index (χ1) is 8.79. The summed E-state index contributed by atoms with van der Waals surface area (Å²) in [5.41, 5.74) is 9.04. The number of rotatable bonds is 2. The first kappa shape index (κ1) is 14.9. The summed E-state index contributed by atoms with van der Waals surface area (Å²) >= 11 is 3.58. The Morgan fingerprint density at radius 1 is 1.37 bits per heavy atom. The van der Waals surface area contributed by atoms with Gasteiger partial charge in [-0.1, -0.05) is 42.8 Å². The van der Waals surface area contributed by atoms with Gasteiger partial charge in [0.1, 0.15) is 0 Å². The monoisotopic (exact) mass is 324 g/mol. The van der Waals surface area contributed by atoms with Gasteiger partial charge in [-0.15, -0.1) is 0 Å². The van der Waals surface area contributed by atoms with E-state index in [1.54, 1.807) is 0 Å². The Bertz CT molecular complexity index is 449. The quantitative estimate of drug-likeness (QED) is 0.876. The van der Waals surface area contributed by atoms with Gasteiger partial charge in [-0.2, -0.15) is 0 Å². The molecule has 0 spiro atoms. The molecule has 1 aliphatic rings. The number of hydrogen-bond acceptors (Lipinski definition) is 2. The summed E-state index contributed by atoms with van der Waals surface area (Å²) in [7, 11) is 0. The molecule has 1 fully saturated rings. The average Bonchev–Trinajstić information content (AvgIpc) is 2.77. The summed E-state index contributed by atoms with van der Waals surface area (Å²) in [6.45, 7) is 11.4. The topological polar surface area (TPSA) is 29.3 Å². The van der Waals surface area contributed by atoms with Crippen LogP contribution >= 0.6 is 15.9 Å². The fourth-order valence-electron chi connectivity index (χ4n) is 2.86. The SMILES string of the molecule is CC(N)c1ccc(Br)cc1N1CCC(C(C)(C)C)C1. The largest absolute Gasteiger partial charge is 0.371 e. The fraction of sp³-hybridized carbons (Fsp3) is 0.625. The minimum atomic E-state index is 0.0804. The number of nitrogens with two attached hydrogens (primary N) is 1. The van der Waals surface area contributed by atoms with Crippen LogP contribution in [0.25, 0.3) is 0 Å². The zero-order valence-electron chi connectivity index (χ0n) is 12.4. The summed E-state index contributed by atoms with van der Waals surface area (Å²) in [5, 5.41) is 0. The second-order valence-corrected chi connectivity index (χ2v) is 7.71. The van der Waals surface area contributed by atoms with E-state index in [0.717, 1.165) is 23.5 Å². The van der Waals surface area contributed by atoms with E-state index in [-0.39, 0.29) is 6.04 Å². The summed E-state index contributed by atoms with van der Waals surface area (Å²) in [6.07, 6.45) is 1.27. The minimum absolute atomic E-state index is 0.0804. The van der Waals surface area contributed by atoms with Crippen molar-refractivity contribution >= 4 is 21.6 Å². The van der Waals surface area contributed by atoms with Crippen LogP contribution in [0.15, 0.2) is 22.7 Å². The van der Waals surface area contributed by atoms with Crippen LogP contribution in [0, 0.1) is 11.3 Å². The maximum atomic E-state index is 6.11. The van der Waals surface area contributed by atoms with E-state index < -0.39 is 0 Å². The van der Waals surface area contributed by atoms with Crippen molar-refractivity contribution in [3.8, 4) is 0 Å².